The average Bonchev–Trinajstić information content (AvgIpc) is 3.24. The number of rotatable bonds is 6. The predicted molar refractivity (Wildman–Crippen MR) is 133 cm³/mol. The average molecular weight is 480 g/mol. The first kappa shape index (κ1) is 23.1. The van der Waals surface area contributed by atoms with Crippen LogP contribution in [0.15, 0.2) is 71.6 Å². The fourth-order valence-corrected chi connectivity index (χ4v) is 5.54. The smallest absolute Gasteiger partial charge is 0.257 e. The van der Waals surface area contributed by atoms with E-state index >= 15 is 0 Å². The lowest BCUT2D eigenvalue weighted by Crippen LogP contribution is -2.14. The van der Waals surface area contributed by atoms with E-state index in [1.165, 1.54) is 11.3 Å². The Bertz CT molecular complexity index is 1400. The highest BCUT2D eigenvalue weighted by molar-refractivity contribution is 7.91. The Balaban J connectivity index is 1.39. The van der Waals surface area contributed by atoms with E-state index in [0.29, 0.717) is 15.7 Å². The number of benzene rings is 3. The highest BCUT2D eigenvalue weighted by Crippen LogP contribution is 2.24. The van der Waals surface area contributed by atoms with Crippen LogP contribution in [0.1, 0.15) is 41.7 Å². The molecule has 0 aliphatic carbocycles. The van der Waals surface area contributed by atoms with E-state index in [9.17, 15) is 13.2 Å². The topological polar surface area (TPSA) is 89.0 Å². The first-order valence-electron chi connectivity index (χ1n) is 10.6. The van der Waals surface area contributed by atoms with Crippen LogP contribution >= 0.6 is 11.3 Å². The molecule has 1 amide bonds. The van der Waals surface area contributed by atoms with Gasteiger partial charge in [0.1, 0.15) is 5.01 Å². The van der Waals surface area contributed by atoms with E-state index in [1.807, 2.05) is 42.5 Å². The first-order valence-corrected chi connectivity index (χ1v) is 13.0. The maximum absolute atomic E-state index is 12.8. The molecule has 1 N–H and O–H groups in total. The highest BCUT2D eigenvalue weighted by Gasteiger charge is 2.18. The van der Waals surface area contributed by atoms with Crippen molar-refractivity contribution in [3.05, 3.63) is 82.9 Å². The number of carbonyl (C=O) groups excluding carboxylic acids is 1. The second kappa shape index (κ2) is 9.03. The van der Waals surface area contributed by atoms with Crippen molar-refractivity contribution in [2.75, 3.05) is 11.1 Å². The summed E-state index contributed by atoms with van der Waals surface area (Å²) in [6.45, 7) is 6.35. The zero-order chi connectivity index (χ0) is 23.6. The normalized spacial score (nSPS) is 12.1. The molecule has 0 aliphatic heterocycles. The van der Waals surface area contributed by atoms with Crippen molar-refractivity contribution in [2.24, 2.45) is 0 Å². The first-order chi connectivity index (χ1) is 15.6. The molecule has 0 unspecified atom stereocenters. The lowest BCUT2D eigenvalue weighted by Gasteiger charge is -2.18. The second-order valence-electron chi connectivity index (χ2n) is 8.86. The van der Waals surface area contributed by atoms with E-state index in [1.54, 1.807) is 24.3 Å². The van der Waals surface area contributed by atoms with Gasteiger partial charge >= 0.3 is 0 Å². The van der Waals surface area contributed by atoms with E-state index in [2.05, 4.69) is 36.3 Å². The Morgan fingerprint density at radius 1 is 0.939 bits per heavy atom. The van der Waals surface area contributed by atoms with Crippen molar-refractivity contribution in [1.29, 1.82) is 0 Å². The summed E-state index contributed by atoms with van der Waals surface area (Å²) in [5.74, 6) is -0.357. The number of sulfone groups is 1. The number of aryl methyl sites for hydroxylation is 1. The quantitative estimate of drug-likeness (QED) is 0.408. The third-order valence-corrected chi connectivity index (χ3v) is 7.98. The molecule has 0 fully saturated rings. The fraction of sp³-hybridized carbons (Fsp3) is 0.240. The third kappa shape index (κ3) is 5.46. The minimum absolute atomic E-state index is 0.0102. The van der Waals surface area contributed by atoms with Crippen molar-refractivity contribution in [2.45, 2.75) is 37.5 Å². The molecule has 0 radical (unpaired) electrons. The van der Waals surface area contributed by atoms with E-state index < -0.39 is 9.84 Å². The van der Waals surface area contributed by atoms with Crippen molar-refractivity contribution in [3.63, 3.8) is 0 Å². The molecule has 3 aromatic carbocycles. The number of fused-ring (bicyclic) bond motifs is 1. The Morgan fingerprint density at radius 3 is 2.33 bits per heavy atom. The lowest BCUT2D eigenvalue weighted by molar-refractivity contribution is 0.102. The molecule has 0 atom stereocenters. The SMILES string of the molecule is CC(C)(C)c1ccc(C(=O)Nc2nnc(CCS(=O)(=O)c3ccc4ccccc4c3)s2)cc1. The summed E-state index contributed by atoms with van der Waals surface area (Å²) in [4.78, 5) is 12.8. The summed E-state index contributed by atoms with van der Waals surface area (Å²) in [6, 6.07) is 20.2. The number of nitrogens with zero attached hydrogens (tertiary/aromatic N) is 2. The standard InChI is InChI=1S/C25H25N3O3S2/c1-25(2,3)20-11-8-18(9-12-20)23(29)26-24-28-27-22(32-24)14-15-33(30,31)21-13-10-17-6-4-5-7-19(17)16-21/h4-13,16H,14-15H2,1-3H3,(H,26,28,29). The molecule has 0 spiro atoms. The molecule has 0 saturated heterocycles. The number of hydrogen-bond acceptors (Lipinski definition) is 6. The summed E-state index contributed by atoms with van der Waals surface area (Å²) in [7, 11) is -3.47. The lowest BCUT2D eigenvalue weighted by atomic mass is 9.87. The van der Waals surface area contributed by atoms with E-state index in [0.717, 1.165) is 16.3 Å². The summed E-state index contributed by atoms with van der Waals surface area (Å²) >= 11 is 1.18. The predicted octanol–water partition coefficient (Wildman–Crippen LogP) is 5.26. The summed E-state index contributed by atoms with van der Waals surface area (Å²) < 4.78 is 25.6. The van der Waals surface area contributed by atoms with Crippen LogP contribution in [0.4, 0.5) is 5.13 Å². The maximum atomic E-state index is 12.8. The molecule has 0 bridgehead atoms. The van der Waals surface area contributed by atoms with Gasteiger partial charge in [-0.1, -0.05) is 74.6 Å². The van der Waals surface area contributed by atoms with Crippen LogP contribution in [0.5, 0.6) is 0 Å². The van der Waals surface area contributed by atoms with Crippen LogP contribution < -0.4 is 5.32 Å². The van der Waals surface area contributed by atoms with Crippen LogP contribution in [-0.4, -0.2) is 30.3 Å². The molecule has 6 nitrogen and oxygen atoms in total. The molecule has 0 aliphatic rings. The zero-order valence-electron chi connectivity index (χ0n) is 18.7. The monoisotopic (exact) mass is 479 g/mol. The Morgan fingerprint density at radius 2 is 1.64 bits per heavy atom. The van der Waals surface area contributed by atoms with Crippen LogP contribution in [0.2, 0.25) is 0 Å². The van der Waals surface area contributed by atoms with Gasteiger partial charge in [-0.2, -0.15) is 0 Å². The van der Waals surface area contributed by atoms with Gasteiger partial charge in [0, 0.05) is 12.0 Å². The Labute approximate surface area is 197 Å². The summed E-state index contributed by atoms with van der Waals surface area (Å²) in [5.41, 5.74) is 1.68. The highest BCUT2D eigenvalue weighted by atomic mass is 32.2. The molecule has 0 saturated carbocycles. The van der Waals surface area contributed by atoms with Gasteiger partial charge in [0.25, 0.3) is 5.91 Å². The molecule has 4 aromatic rings. The zero-order valence-corrected chi connectivity index (χ0v) is 20.3. The van der Waals surface area contributed by atoms with E-state index in [4.69, 9.17) is 0 Å². The number of carbonyl (C=O) groups is 1. The molecular formula is C25H25N3O3S2. The van der Waals surface area contributed by atoms with Gasteiger partial charge in [0.15, 0.2) is 9.84 Å². The third-order valence-electron chi connectivity index (χ3n) is 5.37. The van der Waals surface area contributed by atoms with Gasteiger partial charge in [0.05, 0.1) is 10.6 Å². The number of anilines is 1. The van der Waals surface area contributed by atoms with Crippen molar-refractivity contribution in [1.82, 2.24) is 10.2 Å². The van der Waals surface area contributed by atoms with Crippen molar-refractivity contribution < 1.29 is 13.2 Å². The van der Waals surface area contributed by atoms with Gasteiger partial charge in [-0.25, -0.2) is 8.42 Å². The molecule has 1 aromatic heterocycles. The van der Waals surface area contributed by atoms with Gasteiger partial charge in [0.2, 0.25) is 5.13 Å². The minimum Gasteiger partial charge on any atom is -0.296 e. The van der Waals surface area contributed by atoms with Crippen LogP contribution in [-0.2, 0) is 21.7 Å². The molecular weight excluding hydrogens is 454 g/mol. The number of nitrogens with one attached hydrogen (secondary N) is 1. The minimum atomic E-state index is -3.47. The number of amides is 1. The molecule has 1 heterocycles. The Hall–Kier alpha value is -3.10. The van der Waals surface area contributed by atoms with E-state index in [-0.39, 0.29) is 28.4 Å². The van der Waals surface area contributed by atoms with Crippen LogP contribution in [0.3, 0.4) is 0 Å². The van der Waals surface area contributed by atoms with Gasteiger partial charge in [-0.15, -0.1) is 10.2 Å². The number of hydrogen-bond donors (Lipinski definition) is 1. The maximum Gasteiger partial charge on any atom is 0.257 e. The summed E-state index contributed by atoms with van der Waals surface area (Å²) in [6.07, 6.45) is 0.225. The Kier molecular flexibility index (Phi) is 6.32. The van der Waals surface area contributed by atoms with Crippen LogP contribution in [0, 0.1) is 0 Å². The van der Waals surface area contributed by atoms with Crippen molar-refractivity contribution >= 4 is 43.0 Å². The largest absolute Gasteiger partial charge is 0.296 e. The summed E-state index contributed by atoms with van der Waals surface area (Å²) in [5, 5.41) is 13.6. The molecule has 170 valence electrons. The van der Waals surface area contributed by atoms with Gasteiger partial charge in [-0.05, 0) is 46.0 Å². The van der Waals surface area contributed by atoms with Gasteiger partial charge < -0.3 is 0 Å². The van der Waals surface area contributed by atoms with Gasteiger partial charge in [-0.3, -0.25) is 10.1 Å². The van der Waals surface area contributed by atoms with Crippen molar-refractivity contribution in [3.8, 4) is 0 Å². The molecule has 8 heteroatoms. The van der Waals surface area contributed by atoms with Crippen LogP contribution in [0.25, 0.3) is 10.8 Å². The fourth-order valence-electron chi connectivity index (χ4n) is 3.40. The number of aromatic nitrogens is 2. The second-order valence-corrected chi connectivity index (χ2v) is 12.0. The molecule has 33 heavy (non-hydrogen) atoms. The molecule has 4 rings (SSSR count).